The Labute approximate surface area is 227 Å². The lowest BCUT2D eigenvalue weighted by atomic mass is 9.58. The summed E-state index contributed by atoms with van der Waals surface area (Å²) in [5.41, 5.74) is 1.84. The molecule has 1 aromatic rings. The SMILES string of the molecule is CN(C)c1cc(CNCC(F)(F)F)c(O)c2c1C[C@H]1C[C@H]3[C@H](N(C)C)C(O)=C(C(N)=O)C(=O)[C@@]3(O)C(O)=C1C2=O. The summed E-state index contributed by atoms with van der Waals surface area (Å²) in [6, 6.07) is 0.355. The molecule has 14 heteroatoms. The summed E-state index contributed by atoms with van der Waals surface area (Å²) in [6.07, 6.45) is -4.52. The van der Waals surface area contributed by atoms with Gasteiger partial charge < -0.3 is 36.4 Å². The van der Waals surface area contributed by atoms with Gasteiger partial charge in [0.2, 0.25) is 5.78 Å². The third-order valence-corrected chi connectivity index (χ3v) is 7.90. The van der Waals surface area contributed by atoms with Crippen molar-refractivity contribution in [1.82, 2.24) is 10.2 Å². The summed E-state index contributed by atoms with van der Waals surface area (Å²) < 4.78 is 38.1. The Bertz CT molecular complexity index is 1370. The average molecular weight is 569 g/mol. The highest BCUT2D eigenvalue weighted by Crippen LogP contribution is 2.53. The van der Waals surface area contributed by atoms with Crippen LogP contribution in [-0.4, -0.2) is 95.4 Å². The lowest BCUT2D eigenvalue weighted by Gasteiger charge is -2.50. The highest BCUT2D eigenvalue weighted by atomic mass is 19.4. The topological polar surface area (TPSA) is 177 Å². The van der Waals surface area contributed by atoms with Crippen LogP contribution in [0.25, 0.3) is 0 Å². The van der Waals surface area contributed by atoms with E-state index in [0.717, 1.165) is 0 Å². The molecule has 4 atom stereocenters. The highest BCUT2D eigenvalue weighted by molar-refractivity contribution is 6.24. The van der Waals surface area contributed by atoms with Crippen molar-refractivity contribution in [2.45, 2.75) is 37.2 Å². The van der Waals surface area contributed by atoms with Crippen LogP contribution in [0.5, 0.6) is 5.75 Å². The number of hydrogen-bond donors (Lipinski definition) is 6. The number of nitrogens with one attached hydrogen (secondary N) is 1. The number of Topliss-reactive ketones (excluding diaryl/α,β-unsaturated/α-hetero) is 2. The maximum atomic E-state index is 13.9. The Morgan fingerprint density at radius 3 is 2.33 bits per heavy atom. The zero-order valence-electron chi connectivity index (χ0n) is 22.3. The molecular weight excluding hydrogens is 537 g/mol. The van der Waals surface area contributed by atoms with Gasteiger partial charge in [0.05, 0.1) is 18.2 Å². The number of aromatic hydroxyl groups is 1. The van der Waals surface area contributed by atoms with E-state index in [9.17, 15) is 48.0 Å². The number of benzene rings is 1. The van der Waals surface area contributed by atoms with Crippen molar-refractivity contribution in [1.29, 1.82) is 0 Å². The minimum atomic E-state index is -4.51. The van der Waals surface area contributed by atoms with E-state index in [-0.39, 0.29) is 29.5 Å². The molecule has 4 rings (SSSR count). The number of likely N-dealkylation sites (N-methyl/N-ethyl adjacent to an activating group) is 1. The molecule has 0 heterocycles. The van der Waals surface area contributed by atoms with E-state index >= 15 is 0 Å². The van der Waals surface area contributed by atoms with Gasteiger partial charge in [0.25, 0.3) is 5.91 Å². The number of ketones is 2. The number of rotatable bonds is 6. The molecule has 0 saturated heterocycles. The minimum Gasteiger partial charge on any atom is -0.510 e. The van der Waals surface area contributed by atoms with E-state index in [1.54, 1.807) is 19.0 Å². The molecule has 7 N–H and O–H groups in total. The van der Waals surface area contributed by atoms with Crippen LogP contribution in [0.2, 0.25) is 0 Å². The van der Waals surface area contributed by atoms with Gasteiger partial charge >= 0.3 is 6.18 Å². The van der Waals surface area contributed by atoms with Crippen molar-refractivity contribution >= 4 is 23.2 Å². The fraction of sp³-hybridized carbons (Fsp3) is 0.500. The molecule has 3 aliphatic rings. The second-order valence-corrected chi connectivity index (χ2v) is 10.8. The first-order valence-electron chi connectivity index (χ1n) is 12.4. The molecule has 0 aromatic heterocycles. The first-order chi connectivity index (χ1) is 18.4. The molecule has 0 aliphatic heterocycles. The van der Waals surface area contributed by atoms with Crippen molar-refractivity contribution in [3.8, 4) is 5.75 Å². The Hall–Kier alpha value is -3.62. The number of anilines is 1. The standard InChI is InChI=1S/C26H31F3N4O7/c1-32(2)14-7-11(8-31-9-25(27,28)29)19(34)16-12(14)5-10-6-13-18(33(3)4)21(36)17(24(30)39)23(38)26(13,40)22(37)15(10)20(16)35/h7,10,13,18,31,34,36-37,40H,5-6,8-9H2,1-4H3,(H2,30,39)/t10-,13-,18-,26-/m0/s1. The number of nitrogens with two attached hydrogens (primary N) is 1. The molecule has 0 fully saturated rings. The number of alkyl halides is 3. The molecular formula is C26H31F3N4O7. The van der Waals surface area contributed by atoms with Gasteiger partial charge in [-0.1, -0.05) is 0 Å². The maximum absolute atomic E-state index is 13.9. The third kappa shape index (κ3) is 4.39. The molecule has 40 heavy (non-hydrogen) atoms. The predicted octanol–water partition coefficient (Wildman–Crippen LogP) is 0.839. The first kappa shape index (κ1) is 29.4. The molecule has 218 valence electrons. The van der Waals surface area contributed by atoms with Gasteiger partial charge in [0, 0.05) is 43.4 Å². The summed E-state index contributed by atoms with van der Waals surface area (Å²) in [5.74, 6) is -7.81. The highest BCUT2D eigenvalue weighted by Gasteiger charge is 2.63. The van der Waals surface area contributed by atoms with Crippen LogP contribution >= 0.6 is 0 Å². The molecule has 0 saturated carbocycles. The molecule has 0 spiro atoms. The van der Waals surface area contributed by atoms with Crippen LogP contribution in [0.15, 0.2) is 28.7 Å². The number of allylic oxidation sites excluding steroid dienone is 1. The van der Waals surface area contributed by atoms with Crippen LogP contribution in [0.3, 0.4) is 0 Å². The van der Waals surface area contributed by atoms with Gasteiger partial charge in [-0.05, 0) is 44.5 Å². The second-order valence-electron chi connectivity index (χ2n) is 10.8. The van der Waals surface area contributed by atoms with Gasteiger partial charge in [-0.2, -0.15) is 13.2 Å². The number of fused-ring (bicyclic) bond motifs is 3. The van der Waals surface area contributed by atoms with Crippen molar-refractivity contribution < 1.29 is 48.0 Å². The van der Waals surface area contributed by atoms with E-state index in [4.69, 9.17) is 5.73 Å². The van der Waals surface area contributed by atoms with Crippen LogP contribution in [0, 0.1) is 11.8 Å². The molecule has 0 bridgehead atoms. The summed E-state index contributed by atoms with van der Waals surface area (Å²) in [7, 11) is 6.37. The zero-order valence-corrected chi connectivity index (χ0v) is 22.3. The third-order valence-electron chi connectivity index (χ3n) is 7.90. The predicted molar refractivity (Wildman–Crippen MR) is 136 cm³/mol. The van der Waals surface area contributed by atoms with Gasteiger partial charge in [-0.15, -0.1) is 0 Å². The lowest BCUT2D eigenvalue weighted by molar-refractivity contribution is -0.148. The Kier molecular flexibility index (Phi) is 7.18. The number of phenolic OH excluding ortho intramolecular Hbond substituents is 1. The number of primary amides is 1. The van der Waals surface area contributed by atoms with Crippen molar-refractivity contribution in [3.63, 3.8) is 0 Å². The van der Waals surface area contributed by atoms with Crippen molar-refractivity contribution in [3.05, 3.63) is 45.4 Å². The number of nitrogens with zero attached hydrogens (tertiary/aromatic N) is 2. The molecule has 1 amide bonds. The number of halogens is 3. The largest absolute Gasteiger partial charge is 0.510 e. The monoisotopic (exact) mass is 568 g/mol. The number of amides is 1. The van der Waals surface area contributed by atoms with Gasteiger partial charge in [0.15, 0.2) is 11.4 Å². The summed E-state index contributed by atoms with van der Waals surface area (Å²) >= 11 is 0. The number of carbonyl (C=O) groups is 3. The molecule has 11 nitrogen and oxygen atoms in total. The lowest BCUT2D eigenvalue weighted by Crippen LogP contribution is -2.63. The number of aliphatic hydroxyl groups is 3. The van der Waals surface area contributed by atoms with Gasteiger partial charge in [0.1, 0.15) is 22.8 Å². The summed E-state index contributed by atoms with van der Waals surface area (Å²) in [4.78, 5) is 42.4. The number of aliphatic hydroxyl groups excluding tert-OH is 2. The normalized spacial score (nSPS) is 26.6. The number of carbonyl (C=O) groups excluding carboxylic acids is 3. The van der Waals surface area contributed by atoms with E-state index in [1.165, 1.54) is 25.1 Å². The minimum absolute atomic E-state index is 0.00345. The fourth-order valence-electron chi connectivity index (χ4n) is 6.23. The Morgan fingerprint density at radius 1 is 1.18 bits per heavy atom. The summed E-state index contributed by atoms with van der Waals surface area (Å²) in [5, 5.41) is 47.1. The number of phenols is 1. The quantitative estimate of drug-likeness (QED) is 0.270. The Morgan fingerprint density at radius 2 is 1.80 bits per heavy atom. The molecule has 3 aliphatic carbocycles. The molecule has 1 aromatic carbocycles. The number of hydrogen-bond acceptors (Lipinski definition) is 10. The smallest absolute Gasteiger partial charge is 0.401 e. The van der Waals surface area contributed by atoms with Crippen LogP contribution in [0.4, 0.5) is 18.9 Å². The zero-order chi connectivity index (χ0) is 30.1. The Balaban J connectivity index is 1.90. The maximum Gasteiger partial charge on any atom is 0.401 e. The fourth-order valence-corrected chi connectivity index (χ4v) is 6.23. The van der Waals surface area contributed by atoms with E-state index in [0.29, 0.717) is 11.3 Å². The molecule has 0 radical (unpaired) electrons. The summed E-state index contributed by atoms with van der Waals surface area (Å²) in [6.45, 7) is -1.77. The van der Waals surface area contributed by atoms with Gasteiger partial charge in [-0.25, -0.2) is 0 Å². The van der Waals surface area contributed by atoms with Crippen LogP contribution in [-0.2, 0) is 22.6 Å². The van der Waals surface area contributed by atoms with Crippen LogP contribution in [0.1, 0.15) is 27.9 Å². The molecule has 0 unspecified atom stereocenters. The first-order valence-corrected chi connectivity index (χ1v) is 12.4. The second kappa shape index (κ2) is 9.78. The van der Waals surface area contributed by atoms with Crippen molar-refractivity contribution in [2.24, 2.45) is 17.6 Å². The van der Waals surface area contributed by atoms with E-state index in [1.807, 2.05) is 0 Å². The van der Waals surface area contributed by atoms with E-state index in [2.05, 4.69) is 5.32 Å². The van der Waals surface area contributed by atoms with Crippen LogP contribution < -0.4 is 16.0 Å². The van der Waals surface area contributed by atoms with Gasteiger partial charge in [-0.3, -0.25) is 19.3 Å². The van der Waals surface area contributed by atoms with Crippen molar-refractivity contribution in [2.75, 3.05) is 39.6 Å². The van der Waals surface area contributed by atoms with E-state index < -0.39 is 83.1 Å². The average Bonchev–Trinajstić information content (AvgIpc) is 2.81.